The molecule has 0 aliphatic heterocycles. The molecule has 3 heteroatoms. The minimum Gasteiger partial charge on any atom is -0.316 e. The second-order valence-corrected chi connectivity index (χ2v) is 5.98. The van der Waals surface area contributed by atoms with Gasteiger partial charge in [0.2, 0.25) is 0 Å². The van der Waals surface area contributed by atoms with Gasteiger partial charge in [0, 0.05) is 11.9 Å². The highest BCUT2D eigenvalue weighted by Crippen LogP contribution is 2.30. The normalized spacial score (nSPS) is 12.0. The lowest BCUT2D eigenvalue weighted by Crippen LogP contribution is -2.35. The summed E-state index contributed by atoms with van der Waals surface area (Å²) >= 11 is 1.76. The molecule has 0 atom stereocenters. The van der Waals surface area contributed by atoms with Crippen molar-refractivity contribution in [3.8, 4) is 0 Å². The average molecular weight is 254 g/mol. The summed E-state index contributed by atoms with van der Waals surface area (Å²) in [4.78, 5) is 4.61. The summed E-state index contributed by atoms with van der Waals surface area (Å²) in [6.45, 7) is 11.1. The molecule has 0 aliphatic carbocycles. The third-order valence-electron chi connectivity index (χ3n) is 3.65. The van der Waals surface area contributed by atoms with E-state index in [0.717, 1.165) is 19.5 Å². The number of aromatic nitrogens is 1. The predicted molar refractivity (Wildman–Crippen MR) is 76.7 cm³/mol. The van der Waals surface area contributed by atoms with Crippen molar-refractivity contribution in [2.75, 3.05) is 13.1 Å². The number of thiazole rings is 1. The van der Waals surface area contributed by atoms with E-state index in [-0.39, 0.29) is 0 Å². The van der Waals surface area contributed by atoms with Crippen LogP contribution in [0.3, 0.4) is 0 Å². The Kier molecular flexibility index (Phi) is 6.14. The number of nitrogens with one attached hydrogen (secondary N) is 1. The van der Waals surface area contributed by atoms with Gasteiger partial charge < -0.3 is 5.32 Å². The van der Waals surface area contributed by atoms with Gasteiger partial charge in [0.25, 0.3) is 0 Å². The lowest BCUT2D eigenvalue weighted by atomic mass is 9.78. The first-order valence-corrected chi connectivity index (χ1v) is 7.65. The Labute approximate surface area is 110 Å². The molecule has 0 bridgehead atoms. The van der Waals surface area contributed by atoms with Gasteiger partial charge in [0.1, 0.15) is 0 Å². The van der Waals surface area contributed by atoms with Crippen molar-refractivity contribution >= 4 is 11.3 Å². The van der Waals surface area contributed by atoms with Gasteiger partial charge in [-0.05, 0) is 44.6 Å². The fourth-order valence-electron chi connectivity index (χ4n) is 2.22. The fourth-order valence-corrected chi connectivity index (χ4v) is 2.83. The molecule has 1 aromatic heterocycles. The topological polar surface area (TPSA) is 24.9 Å². The number of hydrogen-bond donors (Lipinski definition) is 1. The van der Waals surface area contributed by atoms with Gasteiger partial charge in [-0.2, -0.15) is 0 Å². The number of aryl methyl sites for hydroxylation is 1. The van der Waals surface area contributed by atoms with Crippen LogP contribution in [0.5, 0.6) is 0 Å². The summed E-state index contributed by atoms with van der Waals surface area (Å²) in [6.07, 6.45) is 4.76. The molecule has 0 aromatic carbocycles. The van der Waals surface area contributed by atoms with E-state index in [1.807, 2.05) is 0 Å². The molecule has 1 heterocycles. The number of hydrogen-bond acceptors (Lipinski definition) is 3. The minimum atomic E-state index is 0.385. The monoisotopic (exact) mass is 254 g/mol. The van der Waals surface area contributed by atoms with E-state index in [1.165, 1.54) is 30.0 Å². The van der Waals surface area contributed by atoms with Gasteiger partial charge in [-0.1, -0.05) is 20.8 Å². The van der Waals surface area contributed by atoms with E-state index in [1.54, 1.807) is 11.3 Å². The molecule has 0 saturated heterocycles. The van der Waals surface area contributed by atoms with Crippen LogP contribution in [-0.2, 0) is 6.42 Å². The van der Waals surface area contributed by atoms with Crippen LogP contribution in [0.2, 0.25) is 0 Å². The molecule has 0 radical (unpaired) electrons. The first-order valence-electron chi connectivity index (χ1n) is 6.77. The maximum atomic E-state index is 4.61. The molecule has 98 valence electrons. The Morgan fingerprint density at radius 1 is 1.29 bits per heavy atom. The molecule has 0 amide bonds. The zero-order valence-electron chi connectivity index (χ0n) is 11.7. The lowest BCUT2D eigenvalue weighted by Gasteiger charge is -2.31. The summed E-state index contributed by atoms with van der Waals surface area (Å²) < 4.78 is 0. The third-order valence-corrected chi connectivity index (χ3v) is 4.47. The molecular weight excluding hydrogens is 228 g/mol. The minimum absolute atomic E-state index is 0.385. The SMILES string of the molecule is CCCNCC(CC)(CC)Cc1csc(C)n1. The van der Waals surface area contributed by atoms with Gasteiger partial charge >= 0.3 is 0 Å². The van der Waals surface area contributed by atoms with Crippen molar-refractivity contribution < 1.29 is 0 Å². The van der Waals surface area contributed by atoms with Crippen molar-refractivity contribution in [3.05, 3.63) is 16.1 Å². The Hall–Kier alpha value is -0.410. The van der Waals surface area contributed by atoms with Crippen molar-refractivity contribution in [1.29, 1.82) is 0 Å². The molecule has 0 unspecified atom stereocenters. The molecule has 1 rings (SSSR count). The van der Waals surface area contributed by atoms with E-state index in [2.05, 4.69) is 43.4 Å². The maximum absolute atomic E-state index is 4.61. The van der Waals surface area contributed by atoms with Crippen LogP contribution >= 0.6 is 11.3 Å². The van der Waals surface area contributed by atoms with Crippen molar-refractivity contribution in [3.63, 3.8) is 0 Å². The van der Waals surface area contributed by atoms with Crippen molar-refractivity contribution in [1.82, 2.24) is 10.3 Å². The summed E-state index contributed by atoms with van der Waals surface area (Å²) in [6, 6.07) is 0. The van der Waals surface area contributed by atoms with E-state index in [0.29, 0.717) is 5.41 Å². The molecule has 0 fully saturated rings. The highest BCUT2D eigenvalue weighted by atomic mass is 32.1. The smallest absolute Gasteiger partial charge is 0.0897 e. The quantitative estimate of drug-likeness (QED) is 0.714. The second kappa shape index (κ2) is 7.12. The summed E-state index contributed by atoms with van der Waals surface area (Å²) in [5.74, 6) is 0. The Balaban J connectivity index is 2.63. The molecule has 0 saturated carbocycles. The Bertz CT molecular complexity index is 316. The van der Waals surface area contributed by atoms with E-state index in [4.69, 9.17) is 0 Å². The largest absolute Gasteiger partial charge is 0.316 e. The van der Waals surface area contributed by atoms with Gasteiger partial charge in [-0.25, -0.2) is 4.98 Å². The van der Waals surface area contributed by atoms with Crippen LogP contribution in [0.15, 0.2) is 5.38 Å². The lowest BCUT2D eigenvalue weighted by molar-refractivity contribution is 0.245. The number of nitrogens with zero attached hydrogens (tertiary/aromatic N) is 1. The molecule has 0 aliphatic rings. The van der Waals surface area contributed by atoms with Gasteiger partial charge in [-0.3, -0.25) is 0 Å². The summed E-state index contributed by atoms with van der Waals surface area (Å²) in [5.41, 5.74) is 1.66. The van der Waals surface area contributed by atoms with Crippen molar-refractivity contribution in [2.24, 2.45) is 5.41 Å². The van der Waals surface area contributed by atoms with Crippen molar-refractivity contribution in [2.45, 2.75) is 53.4 Å². The molecular formula is C14H26N2S. The van der Waals surface area contributed by atoms with Crippen LogP contribution in [0, 0.1) is 12.3 Å². The predicted octanol–water partition coefficient (Wildman–Crippen LogP) is 3.80. The second-order valence-electron chi connectivity index (χ2n) is 4.92. The van der Waals surface area contributed by atoms with Crippen LogP contribution in [0.1, 0.15) is 50.7 Å². The zero-order valence-corrected chi connectivity index (χ0v) is 12.5. The van der Waals surface area contributed by atoms with Gasteiger partial charge in [0.05, 0.1) is 10.7 Å². The van der Waals surface area contributed by atoms with E-state index < -0.39 is 0 Å². The summed E-state index contributed by atoms with van der Waals surface area (Å²) in [5, 5.41) is 6.98. The maximum Gasteiger partial charge on any atom is 0.0897 e. The van der Waals surface area contributed by atoms with Crippen LogP contribution in [-0.4, -0.2) is 18.1 Å². The van der Waals surface area contributed by atoms with Gasteiger partial charge in [0.15, 0.2) is 0 Å². The zero-order chi connectivity index (χ0) is 12.7. The van der Waals surface area contributed by atoms with Crippen LogP contribution in [0.25, 0.3) is 0 Å². The van der Waals surface area contributed by atoms with Gasteiger partial charge in [-0.15, -0.1) is 11.3 Å². The molecule has 1 N–H and O–H groups in total. The van der Waals surface area contributed by atoms with E-state index >= 15 is 0 Å². The number of rotatable bonds is 8. The Morgan fingerprint density at radius 2 is 2.00 bits per heavy atom. The Morgan fingerprint density at radius 3 is 2.47 bits per heavy atom. The third kappa shape index (κ3) is 4.40. The van der Waals surface area contributed by atoms with Crippen LogP contribution < -0.4 is 5.32 Å². The molecule has 2 nitrogen and oxygen atoms in total. The summed E-state index contributed by atoms with van der Waals surface area (Å²) in [7, 11) is 0. The van der Waals surface area contributed by atoms with Crippen LogP contribution in [0.4, 0.5) is 0 Å². The highest BCUT2D eigenvalue weighted by Gasteiger charge is 2.26. The first kappa shape index (κ1) is 14.7. The first-order chi connectivity index (χ1) is 8.15. The average Bonchev–Trinajstić information content (AvgIpc) is 2.73. The standard InChI is InChI=1S/C14H26N2S/c1-5-8-15-11-14(6-2,7-3)9-13-10-17-12(4)16-13/h10,15H,5-9,11H2,1-4H3. The molecule has 0 spiro atoms. The molecule has 1 aromatic rings. The molecule has 17 heavy (non-hydrogen) atoms. The fraction of sp³-hybridized carbons (Fsp3) is 0.786. The van der Waals surface area contributed by atoms with E-state index in [9.17, 15) is 0 Å². The highest BCUT2D eigenvalue weighted by molar-refractivity contribution is 7.09.